The summed E-state index contributed by atoms with van der Waals surface area (Å²) in [6.45, 7) is 2.20. The second-order valence-electron chi connectivity index (χ2n) is 16.3. The smallest absolute Gasteiger partial charge is 0.0352 e. The van der Waals surface area contributed by atoms with Gasteiger partial charge < -0.3 is 9.97 Å². The monoisotopic (exact) mass is 934 g/mol. The maximum absolute atomic E-state index is 9.20. The van der Waals surface area contributed by atoms with Crippen LogP contribution in [0.25, 0.3) is 55.9 Å². The van der Waals surface area contributed by atoms with E-state index in [-0.39, 0.29) is 20.1 Å². The van der Waals surface area contributed by atoms with E-state index in [4.69, 9.17) is 4.98 Å². The maximum atomic E-state index is 9.20. The number of pyridine rings is 2. The van der Waals surface area contributed by atoms with Crippen LogP contribution in [0.3, 0.4) is 0 Å². The Labute approximate surface area is 361 Å². The molecular formula is C55H52IrN2-2. The Morgan fingerprint density at radius 2 is 1.24 bits per heavy atom. The fourth-order valence-electron chi connectivity index (χ4n) is 9.24. The van der Waals surface area contributed by atoms with Crippen LogP contribution < -0.4 is 0 Å². The summed E-state index contributed by atoms with van der Waals surface area (Å²) in [4.78, 5) is 9.56. The van der Waals surface area contributed by atoms with Crippen molar-refractivity contribution in [1.29, 1.82) is 0 Å². The van der Waals surface area contributed by atoms with E-state index in [1.165, 1.54) is 88.6 Å². The number of nitrogens with zero attached hydrogens (tertiary/aromatic N) is 2. The molecule has 1 radical (unpaired) electrons. The molecule has 2 aliphatic rings. The van der Waals surface area contributed by atoms with Gasteiger partial charge in [0.1, 0.15) is 0 Å². The summed E-state index contributed by atoms with van der Waals surface area (Å²) in [6.07, 6.45) is 17.7. The SMILES string of the molecule is [2H]C1(c2ccc(-c3cc(-c4[c-]cc(-c5ccccc5-c5cc(C)cc(CCc6c[c-]c(-c7ccccn7)cc6)c5)cc4)ncc3C3CCCCC3)cc2)CCCCC1.[Ir]. The quantitative estimate of drug-likeness (QED) is 0.128. The fraction of sp³-hybridized carbons (Fsp3) is 0.273. The number of rotatable bonds is 10. The van der Waals surface area contributed by atoms with Crippen LogP contribution in [-0.4, -0.2) is 9.97 Å². The first-order valence-electron chi connectivity index (χ1n) is 21.7. The van der Waals surface area contributed by atoms with Crippen molar-refractivity contribution in [3.05, 3.63) is 180 Å². The van der Waals surface area contributed by atoms with Gasteiger partial charge in [-0.25, -0.2) is 0 Å². The predicted molar refractivity (Wildman–Crippen MR) is 237 cm³/mol. The molecular weight excluding hydrogens is 881 g/mol. The predicted octanol–water partition coefficient (Wildman–Crippen LogP) is 14.6. The number of hydrogen-bond donors (Lipinski definition) is 0. The molecule has 9 rings (SSSR count). The van der Waals surface area contributed by atoms with Gasteiger partial charge in [0.2, 0.25) is 0 Å². The van der Waals surface area contributed by atoms with Crippen molar-refractivity contribution in [2.75, 3.05) is 0 Å². The van der Waals surface area contributed by atoms with Gasteiger partial charge >= 0.3 is 0 Å². The standard InChI is InChI=1S/C55H52N2.Ir/c1-39-34-41(20-19-40-21-23-47(24-22-40)54-18-10-11-33-56-54)36-49(35-39)51-17-9-8-16-50(51)45-29-31-48(32-30-45)55-37-52(53(38-57-55)44-14-6-3-7-15-44)46-27-25-43(26-28-46)42-12-4-2-5-13-42;/h8-11,16-18,21-23,25-31,33-38,42,44H,2-7,12-15,19-20H2,1H3;/q-2;/i42D;. The van der Waals surface area contributed by atoms with Crippen LogP contribution in [0.5, 0.6) is 0 Å². The number of aryl methyl sites for hydroxylation is 3. The van der Waals surface area contributed by atoms with Gasteiger partial charge in [-0.1, -0.05) is 147 Å². The van der Waals surface area contributed by atoms with Crippen molar-refractivity contribution in [1.82, 2.24) is 9.97 Å². The van der Waals surface area contributed by atoms with Gasteiger partial charge in [0.05, 0.1) is 0 Å². The van der Waals surface area contributed by atoms with Crippen molar-refractivity contribution >= 4 is 0 Å². The Morgan fingerprint density at radius 1 is 0.569 bits per heavy atom. The first kappa shape index (κ1) is 38.6. The minimum atomic E-state index is -0.447. The summed E-state index contributed by atoms with van der Waals surface area (Å²) in [5.74, 6) is 0.0932. The molecule has 2 aromatic heterocycles. The van der Waals surface area contributed by atoms with Crippen LogP contribution in [0.15, 0.2) is 140 Å². The van der Waals surface area contributed by atoms with Gasteiger partial charge in [0.15, 0.2) is 0 Å². The van der Waals surface area contributed by atoms with Crippen molar-refractivity contribution in [2.45, 2.75) is 95.8 Å². The van der Waals surface area contributed by atoms with Crippen LogP contribution in [0.2, 0.25) is 0 Å². The van der Waals surface area contributed by atoms with Gasteiger partial charge in [-0.05, 0) is 107 Å². The second-order valence-corrected chi connectivity index (χ2v) is 16.3. The molecule has 0 spiro atoms. The van der Waals surface area contributed by atoms with E-state index in [0.717, 1.165) is 72.2 Å². The number of aromatic nitrogens is 2. The summed E-state index contributed by atoms with van der Waals surface area (Å²) < 4.78 is 9.20. The Bertz CT molecular complexity index is 2460. The van der Waals surface area contributed by atoms with Crippen molar-refractivity contribution < 1.29 is 21.5 Å². The van der Waals surface area contributed by atoms with Crippen molar-refractivity contribution in [2.24, 2.45) is 0 Å². The molecule has 2 nitrogen and oxygen atoms in total. The molecule has 3 heteroatoms. The van der Waals surface area contributed by atoms with E-state index in [1.807, 2.05) is 24.4 Å². The largest absolute Gasteiger partial charge is 0.305 e. The van der Waals surface area contributed by atoms with E-state index in [9.17, 15) is 1.37 Å². The number of hydrogen-bond acceptors (Lipinski definition) is 2. The van der Waals surface area contributed by atoms with E-state index < -0.39 is 5.89 Å². The minimum Gasteiger partial charge on any atom is -0.305 e. The second kappa shape index (κ2) is 18.8. The molecule has 58 heavy (non-hydrogen) atoms. The average molecular weight is 934 g/mol. The van der Waals surface area contributed by atoms with E-state index in [1.54, 1.807) is 0 Å². The summed E-state index contributed by atoms with van der Waals surface area (Å²) in [7, 11) is 0. The average Bonchev–Trinajstić information content (AvgIpc) is 3.29. The number of benzene rings is 5. The normalized spacial score (nSPS) is 15.6. The van der Waals surface area contributed by atoms with Gasteiger partial charge in [-0.2, -0.15) is 0 Å². The zero-order chi connectivity index (χ0) is 39.3. The fourth-order valence-corrected chi connectivity index (χ4v) is 9.24. The van der Waals surface area contributed by atoms with Gasteiger partial charge in [0.25, 0.3) is 0 Å². The third-order valence-electron chi connectivity index (χ3n) is 12.3. The Balaban J connectivity index is 0.00000484. The topological polar surface area (TPSA) is 25.8 Å². The molecule has 5 aromatic carbocycles. The zero-order valence-electron chi connectivity index (χ0n) is 34.6. The molecule has 0 bridgehead atoms. The Hall–Kier alpha value is -4.95. The Kier molecular flexibility index (Phi) is 12.5. The maximum Gasteiger partial charge on any atom is 0.0352 e. The molecule has 0 amide bonds. The first-order chi connectivity index (χ1) is 28.5. The van der Waals surface area contributed by atoms with E-state index in [2.05, 4.69) is 139 Å². The molecule has 0 N–H and O–H groups in total. The molecule has 7 aromatic rings. The summed E-state index contributed by atoms with van der Waals surface area (Å²) in [6, 6.07) is 53.1. The molecule has 2 heterocycles. The molecule has 2 aliphatic carbocycles. The van der Waals surface area contributed by atoms with Gasteiger partial charge in [-0.15, -0.1) is 65.2 Å². The molecule has 0 atom stereocenters. The van der Waals surface area contributed by atoms with E-state index >= 15 is 0 Å². The van der Waals surface area contributed by atoms with Crippen LogP contribution in [0.4, 0.5) is 0 Å². The van der Waals surface area contributed by atoms with Crippen LogP contribution in [0, 0.1) is 19.1 Å². The first-order valence-corrected chi connectivity index (χ1v) is 21.2. The van der Waals surface area contributed by atoms with Gasteiger partial charge in [-0.3, -0.25) is 0 Å². The summed E-state index contributed by atoms with van der Waals surface area (Å²) in [5.41, 5.74) is 17.7. The molecule has 0 aliphatic heterocycles. The van der Waals surface area contributed by atoms with Crippen LogP contribution in [0.1, 0.15) is 105 Å². The molecule has 0 saturated heterocycles. The molecule has 2 saturated carbocycles. The molecule has 2 fully saturated rings. The molecule has 0 unspecified atom stereocenters. The van der Waals surface area contributed by atoms with Crippen molar-refractivity contribution in [3.63, 3.8) is 0 Å². The van der Waals surface area contributed by atoms with Crippen LogP contribution in [-0.2, 0) is 32.9 Å². The summed E-state index contributed by atoms with van der Waals surface area (Å²) >= 11 is 0. The van der Waals surface area contributed by atoms with Crippen molar-refractivity contribution in [3.8, 4) is 55.9 Å². The minimum absolute atomic E-state index is 0. The molecule has 293 valence electrons. The third kappa shape index (κ3) is 9.18. The zero-order valence-corrected chi connectivity index (χ0v) is 36.0. The summed E-state index contributed by atoms with van der Waals surface area (Å²) in [5, 5.41) is 0. The van der Waals surface area contributed by atoms with E-state index in [0.29, 0.717) is 5.92 Å². The van der Waals surface area contributed by atoms with Crippen LogP contribution >= 0.6 is 0 Å². The third-order valence-corrected chi connectivity index (χ3v) is 12.3. The van der Waals surface area contributed by atoms with Gasteiger partial charge in [0, 0.05) is 33.9 Å². The Morgan fingerprint density at radius 3 is 1.95 bits per heavy atom.